The Balaban J connectivity index is 1.21. The molecule has 41 heavy (non-hydrogen) atoms. The van der Waals surface area contributed by atoms with E-state index < -0.39 is 5.63 Å². The molecule has 5 heterocycles. The van der Waals surface area contributed by atoms with Gasteiger partial charge in [0.15, 0.2) is 6.61 Å². The fourth-order valence-corrected chi connectivity index (χ4v) is 7.45. The van der Waals surface area contributed by atoms with Crippen molar-refractivity contribution in [1.82, 2.24) is 9.80 Å². The summed E-state index contributed by atoms with van der Waals surface area (Å²) >= 11 is 0. The summed E-state index contributed by atoms with van der Waals surface area (Å²) in [5.41, 5.74) is 2.08. The van der Waals surface area contributed by atoms with Crippen LogP contribution < -0.4 is 15.1 Å². The number of rotatable bonds is 4. The molecular weight excluding hydrogens is 520 g/mol. The lowest BCUT2D eigenvalue weighted by Gasteiger charge is -2.52. The molecule has 3 unspecified atom stereocenters. The summed E-state index contributed by atoms with van der Waals surface area (Å²) in [7, 11) is 0. The molecule has 8 nitrogen and oxygen atoms in total. The van der Waals surface area contributed by atoms with E-state index in [2.05, 4.69) is 4.90 Å². The van der Waals surface area contributed by atoms with Crippen LogP contribution in [0, 0.1) is 11.8 Å². The summed E-state index contributed by atoms with van der Waals surface area (Å²) in [4.78, 5) is 42.9. The molecule has 0 aliphatic carbocycles. The minimum Gasteiger partial charge on any atom is -0.487 e. The number of carbonyl (C=O) groups excluding carboxylic acids is 2. The van der Waals surface area contributed by atoms with Gasteiger partial charge in [0, 0.05) is 55.4 Å². The van der Waals surface area contributed by atoms with Gasteiger partial charge in [-0.1, -0.05) is 30.3 Å². The minimum atomic E-state index is -0.438. The molecular formula is C33H36N2O6. The maximum absolute atomic E-state index is 13.6. The monoisotopic (exact) mass is 556 g/mol. The largest absolute Gasteiger partial charge is 0.487 e. The third kappa shape index (κ3) is 4.77. The van der Waals surface area contributed by atoms with Crippen molar-refractivity contribution >= 4 is 22.8 Å². The summed E-state index contributed by atoms with van der Waals surface area (Å²) in [5, 5.41) is 0.678. The van der Waals surface area contributed by atoms with Crippen LogP contribution in [-0.4, -0.2) is 59.5 Å². The molecule has 0 N–H and O–H groups in total. The fraction of sp³-hybridized carbons (Fsp3) is 0.485. The first kappa shape index (κ1) is 26.1. The molecule has 7 rings (SSSR count). The van der Waals surface area contributed by atoms with E-state index in [-0.39, 0.29) is 30.1 Å². The number of nitrogens with zero attached hydrogens (tertiary/aromatic N) is 2. The normalized spacial score (nSPS) is 24.8. The van der Waals surface area contributed by atoms with Crippen molar-refractivity contribution in [3.8, 4) is 22.6 Å². The third-order valence-corrected chi connectivity index (χ3v) is 9.37. The molecule has 2 amide bonds. The number of benzene rings is 2. The van der Waals surface area contributed by atoms with E-state index in [0.29, 0.717) is 65.8 Å². The van der Waals surface area contributed by atoms with E-state index in [0.717, 1.165) is 43.4 Å². The Morgan fingerprint density at radius 2 is 1.90 bits per heavy atom. The second-order valence-electron chi connectivity index (χ2n) is 12.7. The van der Waals surface area contributed by atoms with Gasteiger partial charge in [-0.2, -0.15) is 0 Å². The summed E-state index contributed by atoms with van der Waals surface area (Å²) < 4.78 is 18.5. The first-order valence-electron chi connectivity index (χ1n) is 14.8. The van der Waals surface area contributed by atoms with Gasteiger partial charge in [0.2, 0.25) is 5.91 Å². The predicted octanol–water partition coefficient (Wildman–Crippen LogP) is 4.80. The van der Waals surface area contributed by atoms with Gasteiger partial charge in [-0.15, -0.1) is 0 Å². The van der Waals surface area contributed by atoms with Gasteiger partial charge in [-0.05, 0) is 63.4 Å². The average Bonchev–Trinajstić information content (AvgIpc) is 2.95. The van der Waals surface area contributed by atoms with Crippen LogP contribution >= 0.6 is 0 Å². The number of ether oxygens (including phenoxy) is 2. The third-order valence-electron chi connectivity index (χ3n) is 9.37. The van der Waals surface area contributed by atoms with E-state index in [1.165, 1.54) is 6.07 Å². The van der Waals surface area contributed by atoms with E-state index >= 15 is 0 Å². The number of aryl methyl sites for hydroxylation is 1. The molecule has 8 heteroatoms. The zero-order valence-electron chi connectivity index (χ0n) is 23.7. The zero-order valence-corrected chi connectivity index (χ0v) is 23.7. The van der Waals surface area contributed by atoms with Gasteiger partial charge < -0.3 is 23.7 Å². The van der Waals surface area contributed by atoms with Crippen LogP contribution in [0.25, 0.3) is 22.1 Å². The Labute approximate surface area is 239 Å². The molecule has 0 radical (unpaired) electrons. The highest BCUT2D eigenvalue weighted by Crippen LogP contribution is 2.45. The Kier molecular flexibility index (Phi) is 6.32. The lowest BCUT2D eigenvalue weighted by Crippen LogP contribution is -2.61. The van der Waals surface area contributed by atoms with Crippen molar-refractivity contribution in [3.63, 3.8) is 0 Å². The Morgan fingerprint density at radius 3 is 2.73 bits per heavy atom. The van der Waals surface area contributed by atoms with Crippen molar-refractivity contribution in [3.05, 3.63) is 58.4 Å². The lowest BCUT2D eigenvalue weighted by atomic mass is 9.76. The van der Waals surface area contributed by atoms with Crippen LogP contribution in [-0.2, 0) is 16.0 Å². The highest BCUT2D eigenvalue weighted by atomic mass is 16.5. The molecule has 0 spiro atoms. The smallest absolute Gasteiger partial charge is 0.336 e. The first-order chi connectivity index (χ1) is 19.8. The number of amides is 2. The highest BCUT2D eigenvalue weighted by Gasteiger charge is 2.45. The van der Waals surface area contributed by atoms with Crippen LogP contribution in [0.1, 0.15) is 51.5 Å². The van der Waals surface area contributed by atoms with E-state index in [4.69, 9.17) is 13.9 Å². The number of piperidine rings is 3. The van der Waals surface area contributed by atoms with Crippen molar-refractivity contribution in [1.29, 1.82) is 0 Å². The Bertz CT molecular complexity index is 1580. The number of hydrogen-bond donors (Lipinski definition) is 0. The van der Waals surface area contributed by atoms with Crippen LogP contribution in [0.3, 0.4) is 0 Å². The molecule has 214 valence electrons. The van der Waals surface area contributed by atoms with Crippen LogP contribution in [0.5, 0.6) is 11.5 Å². The Morgan fingerprint density at radius 1 is 1.07 bits per heavy atom. The maximum Gasteiger partial charge on any atom is 0.336 e. The first-order valence-corrected chi connectivity index (χ1v) is 14.8. The van der Waals surface area contributed by atoms with Gasteiger partial charge >= 0.3 is 5.63 Å². The Hall–Kier alpha value is -3.81. The topological polar surface area (TPSA) is 89.3 Å². The molecule has 2 bridgehead atoms. The van der Waals surface area contributed by atoms with Crippen molar-refractivity contribution in [2.75, 3.05) is 26.2 Å². The lowest BCUT2D eigenvalue weighted by molar-refractivity contribution is -0.149. The summed E-state index contributed by atoms with van der Waals surface area (Å²) in [6.07, 6.45) is 5.16. The van der Waals surface area contributed by atoms with Crippen molar-refractivity contribution < 1.29 is 23.5 Å². The molecule has 1 aromatic heterocycles. The molecule has 3 fully saturated rings. The fourth-order valence-electron chi connectivity index (χ4n) is 7.45. The molecule has 3 atom stereocenters. The van der Waals surface area contributed by atoms with Crippen LogP contribution in [0.15, 0.2) is 51.7 Å². The average molecular weight is 557 g/mol. The van der Waals surface area contributed by atoms with Crippen LogP contribution in [0.4, 0.5) is 0 Å². The number of hydrogen-bond acceptors (Lipinski definition) is 6. The second-order valence-corrected chi connectivity index (χ2v) is 12.7. The standard InChI is InChI=1S/C33H36N2O6/c1-33(2)12-11-23-26(41-33)15-27(31-24(14-30(38)40-32(23)31)21-7-4-3-5-8-21)39-19-29(37)34-16-20-13-22(18-34)25-9-6-10-28(36)35(25)17-20/h3-5,7-8,14-15,20,22,25H,6,9-13,16-19H2,1-2H3. The maximum atomic E-state index is 13.6. The van der Waals surface area contributed by atoms with Gasteiger partial charge in [-0.25, -0.2) is 4.79 Å². The van der Waals surface area contributed by atoms with E-state index in [9.17, 15) is 14.4 Å². The molecule has 4 aliphatic heterocycles. The summed E-state index contributed by atoms with van der Waals surface area (Å²) in [6, 6.07) is 13.3. The van der Waals surface area contributed by atoms with Crippen molar-refractivity contribution in [2.24, 2.45) is 11.8 Å². The van der Waals surface area contributed by atoms with Gasteiger partial charge in [-0.3, -0.25) is 9.59 Å². The van der Waals surface area contributed by atoms with Gasteiger partial charge in [0.05, 0.1) is 5.39 Å². The van der Waals surface area contributed by atoms with Gasteiger partial charge in [0.25, 0.3) is 5.91 Å². The quantitative estimate of drug-likeness (QED) is 0.429. The second kappa shape index (κ2) is 9.93. The molecule has 3 saturated heterocycles. The SMILES string of the molecule is CC1(C)CCc2c(cc(OCC(=O)N3CC4CC(C3)C3CCCC(=O)N3C4)c3c(-c4ccccc4)cc(=O)oc23)O1. The highest BCUT2D eigenvalue weighted by molar-refractivity contribution is 6.00. The zero-order chi connectivity index (χ0) is 28.3. The number of likely N-dealkylation sites (tertiary alicyclic amines) is 1. The molecule has 3 aromatic rings. The molecule has 0 saturated carbocycles. The predicted molar refractivity (Wildman–Crippen MR) is 154 cm³/mol. The summed E-state index contributed by atoms with van der Waals surface area (Å²) in [5.74, 6) is 1.91. The molecule has 4 aliphatic rings. The minimum absolute atomic E-state index is 0.0685. The van der Waals surface area contributed by atoms with E-state index in [1.54, 1.807) is 0 Å². The number of fused-ring (bicyclic) bond motifs is 7. The van der Waals surface area contributed by atoms with Gasteiger partial charge in [0.1, 0.15) is 22.7 Å². The molecule has 2 aromatic carbocycles. The van der Waals surface area contributed by atoms with E-state index in [1.807, 2.05) is 55.1 Å². The van der Waals surface area contributed by atoms with Crippen LogP contribution in [0.2, 0.25) is 0 Å². The summed E-state index contributed by atoms with van der Waals surface area (Å²) in [6.45, 7) is 5.98. The van der Waals surface area contributed by atoms with Crippen molar-refractivity contribution in [2.45, 2.75) is 64.0 Å². The number of carbonyl (C=O) groups is 2.